The fourth-order valence-corrected chi connectivity index (χ4v) is 4.88. The molecule has 2 aromatic carbocycles. The number of rotatable bonds is 10. The number of benzene rings is 2. The molecule has 2 aromatic rings. The van der Waals surface area contributed by atoms with Gasteiger partial charge in [-0.05, 0) is 61.1 Å². The van der Waals surface area contributed by atoms with Crippen LogP contribution in [-0.4, -0.2) is 42.7 Å². The Morgan fingerprint density at radius 2 is 1.74 bits per heavy atom. The van der Waals surface area contributed by atoms with Crippen LogP contribution in [-0.2, 0) is 22.6 Å². The molecule has 4 rings (SSSR count). The molecule has 35 heavy (non-hydrogen) atoms. The number of nitrogens with zero attached hydrogens (tertiary/aromatic N) is 1. The van der Waals surface area contributed by atoms with E-state index in [1.807, 2.05) is 49.4 Å². The smallest absolute Gasteiger partial charge is 0.243 e. The van der Waals surface area contributed by atoms with Crippen LogP contribution in [0.5, 0.6) is 17.2 Å². The van der Waals surface area contributed by atoms with E-state index in [-0.39, 0.29) is 24.6 Å². The maximum Gasteiger partial charge on any atom is 0.243 e. The summed E-state index contributed by atoms with van der Waals surface area (Å²) in [4.78, 5) is 28.6. The van der Waals surface area contributed by atoms with E-state index in [0.717, 1.165) is 48.3 Å². The van der Waals surface area contributed by atoms with E-state index in [1.165, 1.54) is 6.42 Å². The van der Waals surface area contributed by atoms with Gasteiger partial charge in [0.2, 0.25) is 18.6 Å². The van der Waals surface area contributed by atoms with Gasteiger partial charge in [-0.25, -0.2) is 0 Å². The van der Waals surface area contributed by atoms with Crippen LogP contribution in [0.1, 0.15) is 63.0 Å². The number of methoxy groups -OCH3 is 1. The van der Waals surface area contributed by atoms with Crippen LogP contribution < -0.4 is 19.5 Å². The summed E-state index contributed by atoms with van der Waals surface area (Å²) >= 11 is 0. The molecule has 1 fully saturated rings. The molecule has 0 spiro atoms. The van der Waals surface area contributed by atoms with Crippen LogP contribution in [0.15, 0.2) is 42.5 Å². The zero-order valence-electron chi connectivity index (χ0n) is 20.8. The third-order valence-corrected chi connectivity index (χ3v) is 6.91. The number of hydrogen-bond donors (Lipinski definition) is 1. The molecule has 0 unspecified atom stereocenters. The zero-order valence-corrected chi connectivity index (χ0v) is 20.8. The summed E-state index contributed by atoms with van der Waals surface area (Å²) in [6.07, 6.45) is 6.98. The number of fused-ring (bicyclic) bond motifs is 1. The molecule has 2 amide bonds. The lowest BCUT2D eigenvalue weighted by Crippen LogP contribution is -2.51. The molecule has 1 aliphatic heterocycles. The van der Waals surface area contributed by atoms with Crippen LogP contribution in [0, 0.1) is 0 Å². The highest BCUT2D eigenvalue weighted by atomic mass is 16.7. The molecule has 1 N–H and O–H groups in total. The van der Waals surface area contributed by atoms with Crippen LogP contribution in [0.25, 0.3) is 0 Å². The molecule has 0 bridgehead atoms. The van der Waals surface area contributed by atoms with E-state index in [4.69, 9.17) is 14.2 Å². The number of carbonyl (C=O) groups excluding carboxylic acids is 2. The molecule has 7 nitrogen and oxygen atoms in total. The van der Waals surface area contributed by atoms with Crippen LogP contribution in [0.2, 0.25) is 0 Å². The molecule has 0 aromatic heterocycles. The van der Waals surface area contributed by atoms with E-state index < -0.39 is 6.04 Å². The lowest BCUT2D eigenvalue weighted by molar-refractivity contribution is -0.141. The molecule has 0 saturated heterocycles. The van der Waals surface area contributed by atoms with Crippen molar-refractivity contribution in [1.82, 2.24) is 10.2 Å². The van der Waals surface area contributed by atoms with Crippen LogP contribution in [0.4, 0.5) is 0 Å². The SMILES string of the molecule is CC[C@H](C(=O)NC1CCCCC1)N(Cc1ccc(OC)cc1)C(=O)CCc1ccc2c(c1)OCO2. The van der Waals surface area contributed by atoms with Gasteiger partial charge in [0.1, 0.15) is 11.8 Å². The van der Waals surface area contributed by atoms with Gasteiger partial charge in [-0.3, -0.25) is 9.59 Å². The molecule has 1 aliphatic carbocycles. The zero-order chi connectivity index (χ0) is 24.6. The van der Waals surface area contributed by atoms with Gasteiger partial charge in [-0.1, -0.05) is 44.4 Å². The summed E-state index contributed by atoms with van der Waals surface area (Å²) in [6, 6.07) is 13.1. The van der Waals surface area contributed by atoms with Gasteiger partial charge in [0.15, 0.2) is 11.5 Å². The second-order valence-corrected chi connectivity index (χ2v) is 9.32. The lowest BCUT2D eigenvalue weighted by Gasteiger charge is -2.33. The van der Waals surface area contributed by atoms with Crippen molar-refractivity contribution in [3.05, 3.63) is 53.6 Å². The minimum atomic E-state index is -0.511. The maximum atomic E-state index is 13.5. The van der Waals surface area contributed by atoms with Gasteiger partial charge >= 0.3 is 0 Å². The van der Waals surface area contributed by atoms with E-state index >= 15 is 0 Å². The minimum Gasteiger partial charge on any atom is -0.497 e. The van der Waals surface area contributed by atoms with Crippen LogP contribution >= 0.6 is 0 Å². The van der Waals surface area contributed by atoms with E-state index in [9.17, 15) is 9.59 Å². The first kappa shape index (κ1) is 24.9. The number of ether oxygens (including phenoxy) is 3. The third kappa shape index (κ3) is 6.47. The third-order valence-electron chi connectivity index (χ3n) is 6.91. The van der Waals surface area contributed by atoms with E-state index in [1.54, 1.807) is 12.0 Å². The van der Waals surface area contributed by atoms with Gasteiger partial charge in [0.25, 0.3) is 0 Å². The molecule has 1 saturated carbocycles. The fraction of sp³-hybridized carbons (Fsp3) is 0.500. The second kappa shape index (κ2) is 12.0. The first-order valence-electron chi connectivity index (χ1n) is 12.7. The van der Waals surface area contributed by atoms with Crippen molar-refractivity contribution in [2.24, 2.45) is 0 Å². The normalized spacial score (nSPS) is 15.9. The minimum absolute atomic E-state index is 0.0378. The monoisotopic (exact) mass is 480 g/mol. The summed E-state index contributed by atoms with van der Waals surface area (Å²) in [7, 11) is 1.63. The van der Waals surface area contributed by atoms with Crippen molar-refractivity contribution in [3.63, 3.8) is 0 Å². The Morgan fingerprint density at radius 3 is 2.46 bits per heavy atom. The van der Waals surface area contributed by atoms with Crippen molar-refractivity contribution < 1.29 is 23.8 Å². The van der Waals surface area contributed by atoms with Gasteiger partial charge in [-0.15, -0.1) is 0 Å². The molecule has 2 aliphatic rings. The number of hydrogen-bond acceptors (Lipinski definition) is 5. The first-order valence-corrected chi connectivity index (χ1v) is 12.7. The maximum absolute atomic E-state index is 13.5. The van der Waals surface area contributed by atoms with Gasteiger partial charge in [-0.2, -0.15) is 0 Å². The summed E-state index contributed by atoms with van der Waals surface area (Å²) in [5.74, 6) is 2.11. The van der Waals surface area contributed by atoms with Gasteiger partial charge < -0.3 is 24.4 Å². The molecular weight excluding hydrogens is 444 g/mol. The van der Waals surface area contributed by atoms with Gasteiger partial charge in [0.05, 0.1) is 7.11 Å². The van der Waals surface area contributed by atoms with Crippen molar-refractivity contribution in [2.75, 3.05) is 13.9 Å². The lowest BCUT2D eigenvalue weighted by atomic mass is 9.95. The Morgan fingerprint density at radius 1 is 1.03 bits per heavy atom. The standard InChI is InChI=1S/C28H36N2O5/c1-3-24(28(32)29-22-7-5-4-6-8-22)30(18-21-9-13-23(33-2)14-10-21)27(31)16-12-20-11-15-25-26(17-20)35-19-34-25/h9-11,13-15,17,22,24H,3-8,12,16,18-19H2,1-2H3,(H,29,32)/t24-/m1/s1. The summed E-state index contributed by atoms with van der Waals surface area (Å²) < 4.78 is 16.1. The van der Waals surface area contributed by atoms with Crippen molar-refractivity contribution >= 4 is 11.8 Å². The van der Waals surface area contributed by atoms with E-state index in [2.05, 4.69) is 5.32 Å². The Hall–Kier alpha value is -3.22. The van der Waals surface area contributed by atoms with Crippen molar-refractivity contribution in [3.8, 4) is 17.2 Å². The highest BCUT2D eigenvalue weighted by molar-refractivity contribution is 5.88. The van der Waals surface area contributed by atoms with Gasteiger partial charge in [0, 0.05) is 19.0 Å². The number of aryl methyl sites for hydroxylation is 1. The van der Waals surface area contributed by atoms with Crippen molar-refractivity contribution in [2.45, 2.75) is 76.9 Å². The highest BCUT2D eigenvalue weighted by Gasteiger charge is 2.30. The van der Waals surface area contributed by atoms with Crippen LogP contribution in [0.3, 0.4) is 0 Å². The predicted octanol–water partition coefficient (Wildman–Crippen LogP) is 4.61. The fourth-order valence-electron chi connectivity index (χ4n) is 4.88. The quantitative estimate of drug-likeness (QED) is 0.537. The Balaban J connectivity index is 1.48. The average molecular weight is 481 g/mol. The largest absolute Gasteiger partial charge is 0.497 e. The topological polar surface area (TPSA) is 77.1 Å². The molecule has 188 valence electrons. The Kier molecular flexibility index (Phi) is 8.50. The van der Waals surface area contributed by atoms with Crippen molar-refractivity contribution in [1.29, 1.82) is 0 Å². The number of nitrogens with one attached hydrogen (secondary N) is 1. The first-order chi connectivity index (χ1) is 17.1. The summed E-state index contributed by atoms with van der Waals surface area (Å²) in [6.45, 7) is 2.57. The summed E-state index contributed by atoms with van der Waals surface area (Å²) in [5.41, 5.74) is 1.97. The predicted molar refractivity (Wildman–Crippen MR) is 134 cm³/mol. The molecule has 1 heterocycles. The Labute approximate surface area is 207 Å². The summed E-state index contributed by atoms with van der Waals surface area (Å²) in [5, 5.41) is 3.23. The molecule has 7 heteroatoms. The number of amides is 2. The molecule has 1 atom stereocenters. The Bertz CT molecular complexity index is 1000. The van der Waals surface area contributed by atoms with E-state index in [0.29, 0.717) is 31.6 Å². The average Bonchev–Trinajstić information content (AvgIpc) is 3.36. The number of carbonyl (C=O) groups is 2. The second-order valence-electron chi connectivity index (χ2n) is 9.32. The highest BCUT2D eigenvalue weighted by Crippen LogP contribution is 2.33. The molecular formula is C28H36N2O5. The molecule has 0 radical (unpaired) electrons.